The van der Waals surface area contributed by atoms with Gasteiger partial charge < -0.3 is 14.4 Å². The quantitative estimate of drug-likeness (QED) is 0.601. The maximum absolute atomic E-state index is 5.90. The van der Waals surface area contributed by atoms with Gasteiger partial charge in [-0.1, -0.05) is 0 Å². The van der Waals surface area contributed by atoms with E-state index in [4.69, 9.17) is 19.4 Å². The third kappa shape index (κ3) is 3.84. The number of aryl methyl sites for hydroxylation is 3. The second-order valence-electron chi connectivity index (χ2n) is 7.98. The van der Waals surface area contributed by atoms with Crippen molar-refractivity contribution in [2.75, 3.05) is 51.3 Å². The summed E-state index contributed by atoms with van der Waals surface area (Å²) in [6, 6.07) is 7.77. The SMILES string of the molecule is COc1ccc(OCCN2CCN(c3nc(C)nc4sc5c(c34)CCC5)CC2)cc1. The molecule has 5 rings (SSSR count). The van der Waals surface area contributed by atoms with Crippen LogP contribution in [0.15, 0.2) is 24.3 Å². The van der Waals surface area contributed by atoms with Crippen LogP contribution in [0.1, 0.15) is 22.7 Å². The lowest BCUT2D eigenvalue weighted by atomic mass is 10.1. The van der Waals surface area contributed by atoms with Gasteiger partial charge in [0, 0.05) is 37.6 Å². The fourth-order valence-electron chi connectivity index (χ4n) is 4.46. The van der Waals surface area contributed by atoms with Gasteiger partial charge in [0.1, 0.15) is 34.6 Å². The van der Waals surface area contributed by atoms with Crippen LogP contribution in [-0.4, -0.2) is 61.3 Å². The normalized spacial score (nSPS) is 16.8. The molecule has 0 amide bonds. The van der Waals surface area contributed by atoms with E-state index in [-0.39, 0.29) is 0 Å². The predicted octanol–water partition coefficient (Wildman–Crippen LogP) is 3.70. The van der Waals surface area contributed by atoms with E-state index < -0.39 is 0 Å². The van der Waals surface area contributed by atoms with E-state index in [2.05, 4.69) is 9.80 Å². The Morgan fingerprint density at radius 3 is 2.53 bits per heavy atom. The van der Waals surface area contributed by atoms with Crippen LogP contribution in [-0.2, 0) is 12.8 Å². The maximum Gasteiger partial charge on any atom is 0.141 e. The molecule has 3 aromatic rings. The number of nitrogens with zero attached hydrogens (tertiary/aromatic N) is 4. The average Bonchev–Trinajstić information content (AvgIpc) is 3.35. The van der Waals surface area contributed by atoms with Crippen molar-refractivity contribution in [1.29, 1.82) is 0 Å². The van der Waals surface area contributed by atoms with Gasteiger partial charge in [0.25, 0.3) is 0 Å². The Labute approximate surface area is 181 Å². The molecule has 7 heteroatoms. The minimum atomic E-state index is 0.696. The Kier molecular flexibility index (Phi) is 5.48. The first kappa shape index (κ1) is 19.6. The van der Waals surface area contributed by atoms with Crippen molar-refractivity contribution in [1.82, 2.24) is 14.9 Å². The zero-order chi connectivity index (χ0) is 20.5. The molecular formula is C23H28N4O2S. The molecule has 0 spiro atoms. The number of hydrogen-bond acceptors (Lipinski definition) is 7. The number of aromatic nitrogens is 2. The number of thiophene rings is 1. The first-order chi connectivity index (χ1) is 14.7. The van der Waals surface area contributed by atoms with Crippen molar-refractivity contribution in [3.63, 3.8) is 0 Å². The minimum absolute atomic E-state index is 0.696. The van der Waals surface area contributed by atoms with Crippen molar-refractivity contribution in [3.8, 4) is 11.5 Å². The van der Waals surface area contributed by atoms with Crippen LogP contribution in [0.3, 0.4) is 0 Å². The summed E-state index contributed by atoms with van der Waals surface area (Å²) in [6.07, 6.45) is 3.65. The molecule has 2 aliphatic rings. The van der Waals surface area contributed by atoms with E-state index in [1.807, 2.05) is 42.5 Å². The van der Waals surface area contributed by atoms with Crippen LogP contribution in [0.2, 0.25) is 0 Å². The van der Waals surface area contributed by atoms with Crippen molar-refractivity contribution >= 4 is 27.4 Å². The standard InChI is InChI=1S/C23H28N4O2S/c1-16-24-22(21-19-4-3-5-20(19)30-23(21)25-16)27-12-10-26(11-13-27)14-15-29-18-8-6-17(28-2)7-9-18/h6-9H,3-5,10-15H2,1-2H3. The van der Waals surface area contributed by atoms with Gasteiger partial charge in [-0.25, -0.2) is 9.97 Å². The molecule has 1 aromatic carbocycles. The van der Waals surface area contributed by atoms with E-state index in [9.17, 15) is 0 Å². The Morgan fingerprint density at radius 2 is 1.77 bits per heavy atom. The molecule has 0 atom stereocenters. The number of piperazine rings is 1. The summed E-state index contributed by atoms with van der Waals surface area (Å²) >= 11 is 1.88. The lowest BCUT2D eigenvalue weighted by Gasteiger charge is -2.35. The van der Waals surface area contributed by atoms with Crippen molar-refractivity contribution in [3.05, 3.63) is 40.5 Å². The third-order valence-electron chi connectivity index (χ3n) is 6.06. The van der Waals surface area contributed by atoms with Gasteiger partial charge in [-0.05, 0) is 56.0 Å². The number of hydrogen-bond donors (Lipinski definition) is 0. The zero-order valence-corrected chi connectivity index (χ0v) is 18.5. The minimum Gasteiger partial charge on any atom is -0.497 e. The van der Waals surface area contributed by atoms with Crippen LogP contribution in [0.25, 0.3) is 10.2 Å². The summed E-state index contributed by atoms with van der Waals surface area (Å²) in [6.45, 7) is 7.71. The summed E-state index contributed by atoms with van der Waals surface area (Å²) in [5.41, 5.74) is 1.51. The van der Waals surface area contributed by atoms with Crippen LogP contribution >= 0.6 is 11.3 Å². The van der Waals surface area contributed by atoms with Gasteiger partial charge >= 0.3 is 0 Å². The molecule has 0 saturated carbocycles. The highest BCUT2D eigenvalue weighted by Crippen LogP contribution is 2.40. The first-order valence-electron chi connectivity index (χ1n) is 10.7. The molecular weight excluding hydrogens is 396 g/mol. The zero-order valence-electron chi connectivity index (χ0n) is 17.7. The number of fused-ring (bicyclic) bond motifs is 3. The number of ether oxygens (including phenoxy) is 2. The molecule has 2 aromatic heterocycles. The van der Waals surface area contributed by atoms with Gasteiger partial charge in [0.2, 0.25) is 0 Å². The number of rotatable bonds is 6. The Balaban J connectivity index is 1.20. The molecule has 1 fully saturated rings. The fraction of sp³-hybridized carbons (Fsp3) is 0.478. The summed E-state index contributed by atoms with van der Waals surface area (Å²) in [5.74, 6) is 3.78. The summed E-state index contributed by atoms with van der Waals surface area (Å²) < 4.78 is 11.1. The lowest BCUT2D eigenvalue weighted by Crippen LogP contribution is -2.48. The second-order valence-corrected chi connectivity index (χ2v) is 9.07. The summed E-state index contributed by atoms with van der Waals surface area (Å²) in [4.78, 5) is 17.3. The Morgan fingerprint density at radius 1 is 1.00 bits per heavy atom. The number of methoxy groups -OCH3 is 1. The molecule has 1 aliphatic heterocycles. The molecule has 0 N–H and O–H groups in total. The van der Waals surface area contributed by atoms with E-state index in [0.717, 1.165) is 55.9 Å². The van der Waals surface area contributed by atoms with Gasteiger partial charge in [0.15, 0.2) is 0 Å². The van der Waals surface area contributed by atoms with E-state index >= 15 is 0 Å². The van der Waals surface area contributed by atoms with Crippen LogP contribution in [0, 0.1) is 6.92 Å². The highest BCUT2D eigenvalue weighted by atomic mass is 32.1. The number of benzene rings is 1. The monoisotopic (exact) mass is 424 g/mol. The van der Waals surface area contributed by atoms with Gasteiger partial charge in [0.05, 0.1) is 12.5 Å². The second kappa shape index (κ2) is 8.40. The molecule has 0 radical (unpaired) electrons. The van der Waals surface area contributed by atoms with Crippen molar-refractivity contribution in [2.45, 2.75) is 26.2 Å². The highest BCUT2D eigenvalue weighted by molar-refractivity contribution is 7.19. The molecule has 0 bridgehead atoms. The predicted molar refractivity (Wildman–Crippen MR) is 121 cm³/mol. The lowest BCUT2D eigenvalue weighted by molar-refractivity contribution is 0.200. The summed E-state index contributed by atoms with van der Waals surface area (Å²) in [7, 11) is 1.68. The van der Waals surface area contributed by atoms with E-state index in [1.54, 1.807) is 7.11 Å². The fourth-order valence-corrected chi connectivity index (χ4v) is 5.76. The van der Waals surface area contributed by atoms with E-state index in [0.29, 0.717) is 6.61 Å². The molecule has 3 heterocycles. The molecule has 0 unspecified atom stereocenters. The van der Waals surface area contributed by atoms with Crippen molar-refractivity contribution < 1.29 is 9.47 Å². The van der Waals surface area contributed by atoms with Gasteiger partial charge in [-0.15, -0.1) is 11.3 Å². The smallest absolute Gasteiger partial charge is 0.141 e. The molecule has 6 nitrogen and oxygen atoms in total. The van der Waals surface area contributed by atoms with Gasteiger partial charge in [-0.2, -0.15) is 0 Å². The molecule has 158 valence electrons. The van der Waals surface area contributed by atoms with Gasteiger partial charge in [-0.3, -0.25) is 4.90 Å². The highest BCUT2D eigenvalue weighted by Gasteiger charge is 2.26. The Bertz CT molecular complexity index is 1030. The molecule has 1 aliphatic carbocycles. The Hall–Kier alpha value is -2.38. The average molecular weight is 425 g/mol. The topological polar surface area (TPSA) is 50.7 Å². The van der Waals surface area contributed by atoms with E-state index in [1.165, 1.54) is 39.9 Å². The third-order valence-corrected chi connectivity index (χ3v) is 7.25. The first-order valence-corrected chi connectivity index (χ1v) is 11.6. The largest absolute Gasteiger partial charge is 0.497 e. The van der Waals surface area contributed by atoms with Crippen LogP contribution < -0.4 is 14.4 Å². The summed E-state index contributed by atoms with van der Waals surface area (Å²) in [5, 5.41) is 1.33. The maximum atomic E-state index is 5.90. The number of anilines is 1. The molecule has 30 heavy (non-hydrogen) atoms. The van der Waals surface area contributed by atoms with Crippen LogP contribution in [0.4, 0.5) is 5.82 Å². The van der Waals surface area contributed by atoms with Crippen molar-refractivity contribution in [2.24, 2.45) is 0 Å². The van der Waals surface area contributed by atoms with Crippen LogP contribution in [0.5, 0.6) is 11.5 Å². The molecule has 1 saturated heterocycles.